The first kappa shape index (κ1) is 18.0. The van der Waals surface area contributed by atoms with Crippen molar-refractivity contribution in [2.24, 2.45) is 5.92 Å². The molecular weight excluding hydrogens is 298 g/mol. The van der Waals surface area contributed by atoms with Crippen molar-refractivity contribution in [2.45, 2.75) is 18.6 Å². The molecule has 0 aliphatic carbocycles. The molecule has 19 heavy (non-hydrogen) atoms. The van der Waals surface area contributed by atoms with Gasteiger partial charge in [-0.25, -0.2) is 8.42 Å². The van der Waals surface area contributed by atoms with E-state index in [1.807, 2.05) is 0 Å². The number of nitrogens with one attached hydrogen (secondary N) is 1. The molecule has 0 aromatic rings. The molecule has 0 saturated carbocycles. The van der Waals surface area contributed by atoms with Crippen LogP contribution in [0.15, 0.2) is 0 Å². The smallest absolute Gasteiger partial charge is 0.276 e. The van der Waals surface area contributed by atoms with E-state index in [9.17, 15) is 26.4 Å². The minimum atomic E-state index is -4.71. The number of carbonyl (C=O) groups excluding carboxylic acids is 2. The summed E-state index contributed by atoms with van der Waals surface area (Å²) in [6, 6.07) is 0. The number of rotatable bonds is 8. The predicted octanol–water partition coefficient (Wildman–Crippen LogP) is -1.37. The van der Waals surface area contributed by atoms with Gasteiger partial charge >= 0.3 is 0 Å². The first-order valence-corrected chi connectivity index (χ1v) is 8.90. The molecule has 1 amide bonds. The van der Waals surface area contributed by atoms with Crippen LogP contribution in [0.4, 0.5) is 0 Å². The van der Waals surface area contributed by atoms with E-state index in [1.54, 1.807) is 0 Å². The van der Waals surface area contributed by atoms with Crippen molar-refractivity contribution >= 4 is 32.1 Å². The average molecular weight is 315 g/mol. The van der Waals surface area contributed by atoms with E-state index in [-0.39, 0.29) is 6.54 Å². The topological polar surface area (TPSA) is 135 Å². The van der Waals surface area contributed by atoms with Crippen LogP contribution < -0.4 is 5.32 Å². The second-order valence-electron chi connectivity index (χ2n) is 4.28. The van der Waals surface area contributed by atoms with E-state index < -0.39 is 49.2 Å². The summed E-state index contributed by atoms with van der Waals surface area (Å²) in [4.78, 5) is 21.9. The van der Waals surface area contributed by atoms with Crippen LogP contribution in [-0.2, 0) is 29.5 Å². The van der Waals surface area contributed by atoms with Crippen molar-refractivity contribution < 1.29 is 31.0 Å². The van der Waals surface area contributed by atoms with Crippen LogP contribution in [0.2, 0.25) is 0 Å². The van der Waals surface area contributed by atoms with Crippen LogP contribution in [0, 0.1) is 5.92 Å². The van der Waals surface area contributed by atoms with Crippen molar-refractivity contribution in [3.63, 3.8) is 0 Å². The highest BCUT2D eigenvalue weighted by Crippen LogP contribution is 2.07. The second-order valence-corrected chi connectivity index (χ2v) is 8.14. The molecule has 0 fully saturated rings. The molecule has 2 atom stereocenters. The summed E-state index contributed by atoms with van der Waals surface area (Å²) in [5, 5.41) is 0.312. The Labute approximate surface area is 112 Å². The standard InChI is InChI=1S/C9H17NO7S2/c1-7(6-11)5-10-9(12)8(19(15,16)17)3-4-18(2,13)14/h6-8H,3-5H2,1-2H3,(H,10,12)(H,15,16,17). The zero-order valence-corrected chi connectivity index (χ0v) is 12.2. The zero-order valence-electron chi connectivity index (χ0n) is 10.6. The highest BCUT2D eigenvalue weighted by atomic mass is 32.2. The number of sulfone groups is 1. The van der Waals surface area contributed by atoms with E-state index in [1.165, 1.54) is 6.92 Å². The highest BCUT2D eigenvalue weighted by molar-refractivity contribution is 7.90. The van der Waals surface area contributed by atoms with Gasteiger partial charge in [-0.2, -0.15) is 8.42 Å². The van der Waals surface area contributed by atoms with Crippen LogP contribution in [0.25, 0.3) is 0 Å². The molecule has 0 spiro atoms. The lowest BCUT2D eigenvalue weighted by Gasteiger charge is -2.14. The number of carbonyl (C=O) groups is 2. The highest BCUT2D eigenvalue weighted by Gasteiger charge is 2.31. The van der Waals surface area contributed by atoms with Gasteiger partial charge in [0.1, 0.15) is 16.1 Å². The van der Waals surface area contributed by atoms with Gasteiger partial charge in [-0.1, -0.05) is 6.92 Å². The summed E-state index contributed by atoms with van der Waals surface area (Å²) < 4.78 is 52.9. The van der Waals surface area contributed by atoms with Gasteiger partial charge in [0.25, 0.3) is 10.1 Å². The van der Waals surface area contributed by atoms with Crippen molar-refractivity contribution in [2.75, 3.05) is 18.6 Å². The molecule has 0 rings (SSSR count). The van der Waals surface area contributed by atoms with E-state index in [0.717, 1.165) is 6.26 Å². The van der Waals surface area contributed by atoms with Crippen LogP contribution in [0.3, 0.4) is 0 Å². The minimum Gasteiger partial charge on any atom is -0.354 e. The molecule has 0 aliphatic heterocycles. The quantitative estimate of drug-likeness (QED) is 0.416. The number of hydrogen-bond acceptors (Lipinski definition) is 6. The molecule has 0 heterocycles. The molecule has 0 aliphatic rings. The molecule has 2 N–H and O–H groups in total. The van der Waals surface area contributed by atoms with Crippen molar-refractivity contribution in [3.05, 3.63) is 0 Å². The van der Waals surface area contributed by atoms with Gasteiger partial charge in [0.2, 0.25) is 5.91 Å². The molecule has 0 bridgehead atoms. The largest absolute Gasteiger partial charge is 0.354 e. The molecule has 0 radical (unpaired) electrons. The van der Waals surface area contributed by atoms with Gasteiger partial charge in [0.05, 0.1) is 5.75 Å². The third-order valence-corrected chi connectivity index (χ3v) is 4.38. The molecule has 8 nitrogen and oxygen atoms in total. The third-order valence-electron chi connectivity index (χ3n) is 2.23. The van der Waals surface area contributed by atoms with Gasteiger partial charge in [0.15, 0.2) is 5.25 Å². The Hall–Kier alpha value is -1.00. The zero-order chi connectivity index (χ0) is 15.3. The van der Waals surface area contributed by atoms with Gasteiger partial charge in [-0.3, -0.25) is 9.35 Å². The summed E-state index contributed by atoms with van der Waals surface area (Å²) in [7, 11) is -8.17. The van der Waals surface area contributed by atoms with Crippen molar-refractivity contribution in [3.8, 4) is 0 Å². The Morgan fingerprint density at radius 2 is 1.84 bits per heavy atom. The van der Waals surface area contributed by atoms with Crippen LogP contribution in [0.1, 0.15) is 13.3 Å². The summed E-state index contributed by atoms with van der Waals surface area (Å²) in [6.45, 7) is 1.42. The maximum Gasteiger partial charge on any atom is 0.276 e. The van der Waals surface area contributed by atoms with Crippen molar-refractivity contribution in [1.29, 1.82) is 0 Å². The molecule has 10 heteroatoms. The fourth-order valence-electron chi connectivity index (χ4n) is 1.16. The molecule has 112 valence electrons. The Morgan fingerprint density at radius 3 is 2.21 bits per heavy atom. The number of amides is 1. The summed E-state index contributed by atoms with van der Waals surface area (Å²) in [5.41, 5.74) is 0. The molecule has 0 aromatic carbocycles. The van der Waals surface area contributed by atoms with E-state index in [2.05, 4.69) is 5.32 Å². The third kappa shape index (κ3) is 7.90. The SMILES string of the molecule is CC(C=O)CNC(=O)C(CCS(C)(=O)=O)S(=O)(=O)O. The van der Waals surface area contributed by atoms with Gasteiger partial charge < -0.3 is 10.1 Å². The Kier molecular flexibility index (Phi) is 6.60. The normalized spacial score (nSPS) is 15.5. The summed E-state index contributed by atoms with van der Waals surface area (Å²) >= 11 is 0. The predicted molar refractivity (Wildman–Crippen MR) is 67.9 cm³/mol. The lowest BCUT2D eigenvalue weighted by Crippen LogP contribution is -2.42. The van der Waals surface area contributed by atoms with E-state index in [0.29, 0.717) is 6.29 Å². The Bertz CT molecular complexity index is 523. The lowest BCUT2D eigenvalue weighted by atomic mass is 10.2. The first-order valence-electron chi connectivity index (χ1n) is 5.34. The first-order chi connectivity index (χ1) is 8.47. The fourth-order valence-corrected chi connectivity index (χ4v) is 2.74. The second kappa shape index (κ2) is 6.96. The Morgan fingerprint density at radius 1 is 1.32 bits per heavy atom. The fraction of sp³-hybridized carbons (Fsp3) is 0.778. The van der Waals surface area contributed by atoms with Crippen molar-refractivity contribution in [1.82, 2.24) is 5.32 Å². The molecule has 0 saturated heterocycles. The maximum absolute atomic E-state index is 11.6. The molecule has 2 unspecified atom stereocenters. The molecular formula is C9H17NO7S2. The van der Waals surface area contributed by atoms with E-state index >= 15 is 0 Å². The monoisotopic (exact) mass is 315 g/mol. The average Bonchev–Trinajstić information content (AvgIpc) is 2.22. The van der Waals surface area contributed by atoms with E-state index in [4.69, 9.17) is 4.55 Å². The van der Waals surface area contributed by atoms with Crippen LogP contribution >= 0.6 is 0 Å². The number of hydrogen-bond donors (Lipinski definition) is 2. The lowest BCUT2D eigenvalue weighted by molar-refractivity contribution is -0.121. The summed E-state index contributed by atoms with van der Waals surface area (Å²) in [6.07, 6.45) is 0.915. The Balaban J connectivity index is 4.78. The van der Waals surface area contributed by atoms with Crippen LogP contribution in [0.5, 0.6) is 0 Å². The number of aldehydes is 1. The maximum atomic E-state index is 11.6. The van der Waals surface area contributed by atoms with Gasteiger partial charge in [-0.05, 0) is 6.42 Å². The van der Waals surface area contributed by atoms with Gasteiger partial charge in [0, 0.05) is 18.7 Å². The molecule has 0 aromatic heterocycles. The summed E-state index contributed by atoms with van der Waals surface area (Å²) in [5.74, 6) is -2.09. The minimum absolute atomic E-state index is 0.0901. The van der Waals surface area contributed by atoms with Gasteiger partial charge in [-0.15, -0.1) is 0 Å². The van der Waals surface area contributed by atoms with Crippen LogP contribution in [-0.4, -0.2) is 57.4 Å².